The van der Waals surface area contributed by atoms with Crippen LogP contribution in [0.1, 0.15) is 24.7 Å². The Labute approximate surface area is 122 Å². The lowest BCUT2D eigenvalue weighted by Gasteiger charge is -2.09. The fraction of sp³-hybridized carbons (Fsp3) is 0.250. The molecule has 2 heterocycles. The van der Waals surface area contributed by atoms with E-state index in [1.165, 1.54) is 12.8 Å². The van der Waals surface area contributed by atoms with Gasteiger partial charge in [-0.1, -0.05) is 0 Å². The Kier molecular flexibility index (Phi) is 2.77. The van der Waals surface area contributed by atoms with Gasteiger partial charge in [0.1, 0.15) is 17.1 Å². The van der Waals surface area contributed by atoms with E-state index in [4.69, 9.17) is 4.98 Å². The van der Waals surface area contributed by atoms with Gasteiger partial charge in [0.05, 0.1) is 18.3 Å². The number of hydrogen-bond acceptors (Lipinski definition) is 4. The van der Waals surface area contributed by atoms with Gasteiger partial charge in [0.25, 0.3) is 0 Å². The van der Waals surface area contributed by atoms with Gasteiger partial charge >= 0.3 is 0 Å². The number of imidazole rings is 1. The van der Waals surface area contributed by atoms with Crippen LogP contribution in [0, 0.1) is 0 Å². The quantitative estimate of drug-likeness (QED) is 0.721. The van der Waals surface area contributed by atoms with Crippen LogP contribution in [0.25, 0.3) is 11.0 Å². The molecule has 0 spiro atoms. The standard InChI is InChI=1S/C16H16N4O/c21-13-5-1-11(2-6-13)18-10-16-19-14-9-17-8-7-15(14)20(16)12-3-4-12/h1-2,5-9,12,18,21H,3-4,10H2. The van der Waals surface area contributed by atoms with E-state index in [1.54, 1.807) is 12.1 Å². The molecule has 2 aromatic heterocycles. The molecule has 21 heavy (non-hydrogen) atoms. The van der Waals surface area contributed by atoms with E-state index in [-0.39, 0.29) is 5.75 Å². The van der Waals surface area contributed by atoms with Crippen LogP contribution >= 0.6 is 0 Å². The summed E-state index contributed by atoms with van der Waals surface area (Å²) >= 11 is 0. The smallest absolute Gasteiger partial charge is 0.129 e. The van der Waals surface area contributed by atoms with Crippen molar-refractivity contribution in [3.05, 3.63) is 48.5 Å². The van der Waals surface area contributed by atoms with Gasteiger partial charge in [-0.3, -0.25) is 4.98 Å². The Balaban J connectivity index is 1.63. The first-order valence-electron chi connectivity index (χ1n) is 7.15. The summed E-state index contributed by atoms with van der Waals surface area (Å²) in [7, 11) is 0. The molecule has 0 aliphatic heterocycles. The number of nitrogens with one attached hydrogen (secondary N) is 1. The molecule has 0 atom stereocenters. The predicted octanol–water partition coefficient (Wildman–Crippen LogP) is 3.08. The molecule has 1 aromatic carbocycles. The highest BCUT2D eigenvalue weighted by atomic mass is 16.3. The number of benzene rings is 1. The van der Waals surface area contributed by atoms with Crippen molar-refractivity contribution in [3.8, 4) is 5.75 Å². The van der Waals surface area contributed by atoms with E-state index in [0.29, 0.717) is 12.6 Å². The van der Waals surface area contributed by atoms with E-state index in [1.807, 2.05) is 30.6 Å². The van der Waals surface area contributed by atoms with Crippen molar-refractivity contribution < 1.29 is 5.11 Å². The first kappa shape index (κ1) is 12.2. The maximum Gasteiger partial charge on any atom is 0.129 e. The number of hydrogen-bond donors (Lipinski definition) is 2. The van der Waals surface area contributed by atoms with Crippen molar-refractivity contribution in [2.24, 2.45) is 0 Å². The van der Waals surface area contributed by atoms with Crippen molar-refractivity contribution in [3.63, 3.8) is 0 Å². The zero-order chi connectivity index (χ0) is 14.2. The minimum atomic E-state index is 0.275. The maximum absolute atomic E-state index is 9.31. The number of anilines is 1. The van der Waals surface area contributed by atoms with Crippen molar-refractivity contribution in [1.29, 1.82) is 0 Å². The van der Waals surface area contributed by atoms with Gasteiger partial charge in [-0.15, -0.1) is 0 Å². The van der Waals surface area contributed by atoms with E-state index < -0.39 is 0 Å². The van der Waals surface area contributed by atoms with Crippen LogP contribution in [0.2, 0.25) is 0 Å². The summed E-state index contributed by atoms with van der Waals surface area (Å²) in [6, 6.07) is 9.69. The van der Waals surface area contributed by atoms with Crippen molar-refractivity contribution >= 4 is 16.7 Å². The Morgan fingerprint density at radius 2 is 2.00 bits per heavy atom. The summed E-state index contributed by atoms with van der Waals surface area (Å²) in [5, 5.41) is 12.7. The molecule has 1 aliphatic carbocycles. The van der Waals surface area contributed by atoms with Crippen LogP contribution in [0.3, 0.4) is 0 Å². The number of pyridine rings is 1. The predicted molar refractivity (Wildman–Crippen MR) is 81.2 cm³/mol. The second-order valence-corrected chi connectivity index (χ2v) is 5.39. The zero-order valence-corrected chi connectivity index (χ0v) is 11.5. The molecule has 1 fully saturated rings. The van der Waals surface area contributed by atoms with Gasteiger partial charge in [0.2, 0.25) is 0 Å². The number of phenols is 1. The van der Waals surface area contributed by atoms with E-state index >= 15 is 0 Å². The van der Waals surface area contributed by atoms with E-state index in [2.05, 4.69) is 14.9 Å². The summed E-state index contributed by atoms with van der Waals surface area (Å²) in [5.74, 6) is 1.31. The molecule has 1 aliphatic rings. The maximum atomic E-state index is 9.31. The molecule has 0 saturated heterocycles. The molecule has 0 bridgehead atoms. The van der Waals surface area contributed by atoms with Gasteiger partial charge in [0, 0.05) is 17.9 Å². The highest BCUT2D eigenvalue weighted by Crippen LogP contribution is 2.38. The van der Waals surface area contributed by atoms with Crippen molar-refractivity contribution in [1.82, 2.24) is 14.5 Å². The molecular weight excluding hydrogens is 264 g/mol. The van der Waals surface area contributed by atoms with Gasteiger partial charge in [-0.2, -0.15) is 0 Å². The topological polar surface area (TPSA) is 63.0 Å². The number of phenolic OH excluding ortho intramolecular Hbond substituents is 1. The molecule has 1 saturated carbocycles. The SMILES string of the molecule is Oc1ccc(NCc2nc3cnccc3n2C2CC2)cc1. The molecule has 2 N–H and O–H groups in total. The Morgan fingerprint density at radius 3 is 2.76 bits per heavy atom. The van der Waals surface area contributed by atoms with Crippen LogP contribution in [0.5, 0.6) is 5.75 Å². The van der Waals surface area contributed by atoms with Gasteiger partial charge in [-0.05, 0) is 43.2 Å². The molecule has 0 radical (unpaired) electrons. The second kappa shape index (κ2) is 4.77. The first-order valence-corrected chi connectivity index (χ1v) is 7.15. The number of rotatable bonds is 4. The summed E-state index contributed by atoms with van der Waals surface area (Å²) in [6.07, 6.45) is 6.08. The molecule has 0 amide bonds. The normalized spacial score (nSPS) is 14.5. The molecule has 3 aromatic rings. The van der Waals surface area contributed by atoms with E-state index in [0.717, 1.165) is 22.5 Å². The molecule has 106 valence electrons. The third-order valence-electron chi connectivity index (χ3n) is 3.79. The lowest BCUT2D eigenvalue weighted by molar-refractivity contribution is 0.475. The van der Waals surface area contributed by atoms with Crippen molar-refractivity contribution in [2.45, 2.75) is 25.4 Å². The summed E-state index contributed by atoms with van der Waals surface area (Å²) in [5.41, 5.74) is 3.09. The van der Waals surface area contributed by atoms with E-state index in [9.17, 15) is 5.11 Å². The average Bonchev–Trinajstić information content (AvgIpc) is 3.27. The number of aromatic hydroxyl groups is 1. The van der Waals surface area contributed by atoms with Crippen LogP contribution < -0.4 is 5.32 Å². The van der Waals surface area contributed by atoms with Crippen LogP contribution in [-0.4, -0.2) is 19.6 Å². The number of aromatic nitrogens is 3. The fourth-order valence-electron chi connectivity index (χ4n) is 2.63. The fourth-order valence-corrected chi connectivity index (χ4v) is 2.63. The minimum absolute atomic E-state index is 0.275. The highest BCUT2D eigenvalue weighted by molar-refractivity contribution is 5.75. The lowest BCUT2D eigenvalue weighted by Crippen LogP contribution is -2.07. The monoisotopic (exact) mass is 280 g/mol. The van der Waals surface area contributed by atoms with Crippen LogP contribution in [0.4, 0.5) is 5.69 Å². The molecule has 5 heteroatoms. The summed E-state index contributed by atoms with van der Waals surface area (Å²) < 4.78 is 2.32. The van der Waals surface area contributed by atoms with Crippen molar-refractivity contribution in [2.75, 3.05) is 5.32 Å². The number of fused-ring (bicyclic) bond motifs is 1. The van der Waals surface area contributed by atoms with Gasteiger partial charge in [-0.25, -0.2) is 4.98 Å². The van der Waals surface area contributed by atoms with Gasteiger partial charge < -0.3 is 15.0 Å². The molecule has 4 rings (SSSR count). The lowest BCUT2D eigenvalue weighted by atomic mass is 10.3. The highest BCUT2D eigenvalue weighted by Gasteiger charge is 2.27. The van der Waals surface area contributed by atoms with Crippen LogP contribution in [-0.2, 0) is 6.54 Å². The van der Waals surface area contributed by atoms with Gasteiger partial charge in [0.15, 0.2) is 0 Å². The second-order valence-electron chi connectivity index (χ2n) is 5.39. The summed E-state index contributed by atoms with van der Waals surface area (Å²) in [4.78, 5) is 8.85. The third-order valence-corrected chi connectivity index (χ3v) is 3.79. The minimum Gasteiger partial charge on any atom is -0.508 e. The number of nitrogens with zero attached hydrogens (tertiary/aromatic N) is 3. The zero-order valence-electron chi connectivity index (χ0n) is 11.5. The molecule has 0 unspecified atom stereocenters. The average molecular weight is 280 g/mol. The summed E-state index contributed by atoms with van der Waals surface area (Å²) in [6.45, 7) is 0.663. The Morgan fingerprint density at radius 1 is 1.19 bits per heavy atom. The first-order chi connectivity index (χ1) is 10.3. The van der Waals surface area contributed by atoms with Crippen LogP contribution in [0.15, 0.2) is 42.7 Å². The Bertz CT molecular complexity index is 775. The Hall–Kier alpha value is -2.56. The molecule has 5 nitrogen and oxygen atoms in total. The third kappa shape index (κ3) is 2.31. The largest absolute Gasteiger partial charge is 0.508 e. The molecular formula is C16H16N4O.